The molecule has 2 heterocycles. The number of esters is 1. The average molecular weight is 636 g/mol. The van der Waals surface area contributed by atoms with Gasteiger partial charge in [0.25, 0.3) is 0 Å². The highest BCUT2D eigenvalue weighted by molar-refractivity contribution is 7.07. The summed E-state index contributed by atoms with van der Waals surface area (Å²) in [4.78, 5) is 31.0. The third kappa shape index (κ3) is 6.30. The summed E-state index contributed by atoms with van der Waals surface area (Å²) in [5.41, 5.74) is -0.108. The van der Waals surface area contributed by atoms with E-state index < -0.39 is 58.4 Å². The van der Waals surface area contributed by atoms with Crippen molar-refractivity contribution < 1.29 is 23.1 Å². The van der Waals surface area contributed by atoms with E-state index in [1.807, 2.05) is 20.8 Å². The number of ether oxygens (including phenoxy) is 1. The van der Waals surface area contributed by atoms with Gasteiger partial charge in [-0.05, 0) is 35.6 Å². The molecule has 222 valence electrons. The van der Waals surface area contributed by atoms with E-state index in [-0.39, 0.29) is 27.6 Å². The first kappa shape index (κ1) is 31.8. The Labute approximate surface area is 257 Å². The molecule has 42 heavy (non-hydrogen) atoms. The zero-order valence-corrected chi connectivity index (χ0v) is 25.7. The van der Waals surface area contributed by atoms with Crippen LogP contribution in [-0.4, -0.2) is 42.1 Å². The van der Waals surface area contributed by atoms with Crippen LogP contribution in [0.4, 0.5) is 8.78 Å². The Morgan fingerprint density at radius 3 is 2.60 bits per heavy atom. The highest BCUT2D eigenvalue weighted by Gasteiger charge is 2.61. The molecule has 1 aliphatic heterocycles. The molecule has 0 bridgehead atoms. The largest absolute Gasteiger partial charge is 0.467 e. The van der Waals surface area contributed by atoms with Gasteiger partial charge in [0.1, 0.15) is 23.1 Å². The van der Waals surface area contributed by atoms with Crippen molar-refractivity contribution in [3.05, 3.63) is 85.8 Å². The van der Waals surface area contributed by atoms with Crippen LogP contribution in [0, 0.1) is 28.4 Å². The highest BCUT2D eigenvalue weighted by Crippen LogP contribution is 2.52. The molecule has 1 aromatic heterocycles. The number of rotatable bonds is 8. The first-order valence-electron chi connectivity index (χ1n) is 13.1. The summed E-state index contributed by atoms with van der Waals surface area (Å²) >= 11 is 13.6. The Kier molecular flexibility index (Phi) is 9.58. The molecule has 5 atom stereocenters. The van der Waals surface area contributed by atoms with Crippen molar-refractivity contribution in [2.24, 2.45) is 5.41 Å². The molecule has 2 N–H and O–H groups in total. The molecular weight excluding hydrogens is 605 g/mol. The second-order valence-electron chi connectivity index (χ2n) is 11.5. The zero-order valence-electron chi connectivity index (χ0n) is 23.4. The van der Waals surface area contributed by atoms with Gasteiger partial charge in [0.05, 0.1) is 35.4 Å². The van der Waals surface area contributed by atoms with Crippen LogP contribution in [0.25, 0.3) is 0 Å². The quantitative estimate of drug-likeness (QED) is 0.297. The maximum absolute atomic E-state index is 15.8. The zero-order chi connectivity index (χ0) is 30.8. The Morgan fingerprint density at radius 2 is 2.00 bits per heavy atom. The molecule has 3 aromatic rings. The fourth-order valence-electron chi connectivity index (χ4n) is 5.70. The van der Waals surface area contributed by atoms with Gasteiger partial charge >= 0.3 is 5.97 Å². The van der Waals surface area contributed by atoms with Gasteiger partial charge in [-0.3, -0.25) is 4.79 Å². The van der Waals surface area contributed by atoms with Crippen molar-refractivity contribution in [2.45, 2.75) is 63.1 Å². The van der Waals surface area contributed by atoms with Crippen molar-refractivity contribution in [1.82, 2.24) is 15.6 Å². The van der Waals surface area contributed by atoms with Gasteiger partial charge in [0, 0.05) is 34.3 Å². The molecule has 4 rings (SSSR count). The van der Waals surface area contributed by atoms with Crippen LogP contribution in [-0.2, 0) is 26.2 Å². The normalized spacial score (nSPS) is 22.8. The molecule has 0 radical (unpaired) electrons. The number of benzene rings is 2. The standard InChI is InChI=1S/C30H30Cl2F2N4O3S/c1-29(2,3)12-23-30(14-35,19-9-8-16(31)10-21(19)33)24(18-6-5-7-20(32)25(18)34)26(38-23)27(39)37-22(28(40)41-4)11-17-13-42-15-36-17/h5-10,13,15,22-24,26,38H,11-12H2,1-4H3,(H,37,39)/t22?,23-,24-,26+,30-/m0/s1. The number of carbonyl (C=O) groups excluding carboxylic acids is 2. The van der Waals surface area contributed by atoms with E-state index in [2.05, 4.69) is 21.7 Å². The van der Waals surface area contributed by atoms with E-state index in [0.29, 0.717) is 12.1 Å². The molecule has 0 spiro atoms. The summed E-state index contributed by atoms with van der Waals surface area (Å²) in [6.45, 7) is 5.83. The number of carbonyl (C=O) groups is 2. The summed E-state index contributed by atoms with van der Waals surface area (Å²) in [7, 11) is 1.20. The van der Waals surface area contributed by atoms with Gasteiger partial charge in [-0.1, -0.05) is 62.2 Å². The summed E-state index contributed by atoms with van der Waals surface area (Å²) in [5, 5.41) is 18.5. The lowest BCUT2D eigenvalue weighted by Gasteiger charge is -2.37. The first-order chi connectivity index (χ1) is 19.8. The van der Waals surface area contributed by atoms with E-state index in [9.17, 15) is 14.9 Å². The third-order valence-corrected chi connectivity index (χ3v) is 8.59. The summed E-state index contributed by atoms with van der Waals surface area (Å²) in [6, 6.07) is 7.29. The number of amides is 1. The molecule has 1 aliphatic rings. The lowest BCUT2D eigenvalue weighted by Crippen LogP contribution is -2.51. The fourth-order valence-corrected chi connectivity index (χ4v) is 6.61. The van der Waals surface area contributed by atoms with Gasteiger partial charge in [-0.2, -0.15) is 5.26 Å². The van der Waals surface area contributed by atoms with Gasteiger partial charge < -0.3 is 15.4 Å². The third-order valence-electron chi connectivity index (χ3n) is 7.43. The number of methoxy groups -OCH3 is 1. The number of nitriles is 1. The highest BCUT2D eigenvalue weighted by atomic mass is 35.5. The molecule has 2 aromatic carbocycles. The smallest absolute Gasteiger partial charge is 0.328 e. The van der Waals surface area contributed by atoms with Gasteiger partial charge in [0.2, 0.25) is 5.91 Å². The van der Waals surface area contributed by atoms with Gasteiger partial charge in [-0.15, -0.1) is 11.3 Å². The molecule has 12 heteroatoms. The van der Waals surface area contributed by atoms with Crippen molar-refractivity contribution in [3.8, 4) is 6.07 Å². The summed E-state index contributed by atoms with van der Waals surface area (Å²) < 4.78 is 36.5. The van der Waals surface area contributed by atoms with Crippen LogP contribution in [0.15, 0.2) is 47.3 Å². The second-order valence-corrected chi connectivity index (χ2v) is 13.0. The molecular formula is C30H30Cl2F2N4O3S. The number of thiazole rings is 1. The van der Waals surface area contributed by atoms with Crippen molar-refractivity contribution in [2.75, 3.05) is 7.11 Å². The lowest BCUT2D eigenvalue weighted by atomic mass is 9.62. The van der Waals surface area contributed by atoms with E-state index >= 15 is 8.78 Å². The molecule has 1 saturated heterocycles. The van der Waals surface area contributed by atoms with Crippen LogP contribution in [0.3, 0.4) is 0 Å². The Morgan fingerprint density at radius 1 is 1.26 bits per heavy atom. The minimum atomic E-state index is -1.79. The predicted molar refractivity (Wildman–Crippen MR) is 157 cm³/mol. The molecule has 1 amide bonds. The molecule has 7 nitrogen and oxygen atoms in total. The fraction of sp³-hybridized carbons (Fsp3) is 0.400. The van der Waals surface area contributed by atoms with Crippen molar-refractivity contribution in [1.29, 1.82) is 5.26 Å². The van der Waals surface area contributed by atoms with E-state index in [4.69, 9.17) is 27.9 Å². The minimum absolute atomic E-state index is 0.0391. The minimum Gasteiger partial charge on any atom is -0.467 e. The van der Waals surface area contributed by atoms with E-state index in [1.54, 1.807) is 10.9 Å². The Balaban J connectivity index is 1.91. The molecule has 0 aliphatic carbocycles. The van der Waals surface area contributed by atoms with Gasteiger partial charge in [-0.25, -0.2) is 18.6 Å². The van der Waals surface area contributed by atoms with Crippen LogP contribution in [0.5, 0.6) is 0 Å². The number of halogens is 4. The summed E-state index contributed by atoms with van der Waals surface area (Å²) in [6.07, 6.45) is 0.357. The second kappa shape index (κ2) is 12.6. The molecule has 0 saturated carbocycles. The number of hydrogen-bond donors (Lipinski definition) is 2. The lowest BCUT2D eigenvalue weighted by molar-refractivity contribution is -0.145. The van der Waals surface area contributed by atoms with E-state index in [1.165, 1.54) is 48.8 Å². The Bertz CT molecular complexity index is 1510. The van der Waals surface area contributed by atoms with Crippen molar-refractivity contribution >= 4 is 46.4 Å². The monoisotopic (exact) mass is 634 g/mol. The topological polar surface area (TPSA) is 104 Å². The number of hydrogen-bond acceptors (Lipinski definition) is 7. The van der Waals surface area contributed by atoms with Crippen molar-refractivity contribution in [3.63, 3.8) is 0 Å². The van der Waals surface area contributed by atoms with Crippen LogP contribution >= 0.6 is 34.5 Å². The van der Waals surface area contributed by atoms with E-state index in [0.717, 1.165) is 6.07 Å². The summed E-state index contributed by atoms with van der Waals surface area (Å²) in [5.74, 6) is -4.27. The maximum Gasteiger partial charge on any atom is 0.328 e. The molecule has 1 unspecified atom stereocenters. The van der Waals surface area contributed by atoms with Crippen LogP contribution in [0.1, 0.15) is 49.9 Å². The van der Waals surface area contributed by atoms with Crippen LogP contribution in [0.2, 0.25) is 10.0 Å². The SMILES string of the molecule is COC(=O)C(Cc1cscn1)NC(=O)[C@@H]1N[C@@H](CC(C)(C)C)[C@](C#N)(c2ccc(Cl)cc2F)[C@H]1c1cccc(Cl)c1F. The number of nitrogens with one attached hydrogen (secondary N) is 2. The number of aromatic nitrogens is 1. The molecule has 1 fully saturated rings. The number of nitrogens with zero attached hydrogens (tertiary/aromatic N) is 2. The predicted octanol–water partition coefficient (Wildman–Crippen LogP) is 5.95. The first-order valence-corrected chi connectivity index (χ1v) is 14.8. The van der Waals surface area contributed by atoms with Crippen LogP contribution < -0.4 is 10.6 Å². The maximum atomic E-state index is 15.8. The van der Waals surface area contributed by atoms with Gasteiger partial charge in [0.15, 0.2) is 0 Å². The average Bonchev–Trinajstić information content (AvgIpc) is 3.55. The Hall–Kier alpha value is -3.10.